The second-order valence-corrected chi connectivity index (χ2v) is 14.1. The van der Waals surface area contributed by atoms with E-state index in [9.17, 15) is 14.4 Å². The Labute approximate surface area is 263 Å². The zero-order valence-corrected chi connectivity index (χ0v) is 26.4. The van der Waals surface area contributed by atoms with Crippen LogP contribution in [0.4, 0.5) is 4.79 Å². The number of fused-ring (bicyclic) bond motifs is 1. The molecular formula is C31H32N4O5S3. The molecule has 1 N–H and O–H groups in total. The number of nitrogens with zero attached hydrogens (tertiary/aromatic N) is 3. The predicted octanol–water partition coefficient (Wildman–Crippen LogP) is 5.97. The van der Waals surface area contributed by atoms with Crippen molar-refractivity contribution >= 4 is 53.0 Å². The minimum Gasteiger partial charge on any atom is -0.448 e. The fourth-order valence-electron chi connectivity index (χ4n) is 4.62. The molecule has 1 aromatic heterocycles. The first-order valence-corrected chi connectivity index (χ1v) is 16.6. The fraction of sp³-hybridized carbons (Fsp3) is 0.323. The van der Waals surface area contributed by atoms with E-state index < -0.39 is 35.2 Å². The number of carbonyl (C=O) groups is 3. The maximum absolute atomic E-state index is 14.0. The molecule has 2 aromatic carbocycles. The highest BCUT2D eigenvalue weighted by atomic mass is 32.2. The number of carbonyl (C=O) groups excluding carboxylic acids is 3. The Balaban J connectivity index is 1.39. The number of allylic oxidation sites excluding steroid dienone is 2. The molecule has 224 valence electrons. The topological polar surface area (TPSA) is 111 Å². The predicted molar refractivity (Wildman–Crippen MR) is 168 cm³/mol. The number of hydrogen-bond acceptors (Lipinski definition) is 10. The number of β-lactam (4-membered cyclic amide) rings is 1. The fourth-order valence-corrected chi connectivity index (χ4v) is 7.34. The second-order valence-electron chi connectivity index (χ2n) is 10.8. The van der Waals surface area contributed by atoms with Crippen LogP contribution in [-0.2, 0) is 19.1 Å². The summed E-state index contributed by atoms with van der Waals surface area (Å²) in [7, 11) is 0. The molecule has 43 heavy (non-hydrogen) atoms. The Bertz CT molecular complexity index is 1450. The summed E-state index contributed by atoms with van der Waals surface area (Å²) in [6.07, 6.45) is 5.03. The third kappa shape index (κ3) is 7.67. The molecule has 0 spiro atoms. The molecule has 5 rings (SSSR count). The molecule has 1 fully saturated rings. The average molecular weight is 637 g/mol. The smallest absolute Gasteiger partial charge is 0.408 e. The highest BCUT2D eigenvalue weighted by molar-refractivity contribution is 8.01. The van der Waals surface area contributed by atoms with Crippen LogP contribution in [0.1, 0.15) is 44.4 Å². The highest BCUT2D eigenvalue weighted by Crippen LogP contribution is 2.42. The Morgan fingerprint density at radius 1 is 1.12 bits per heavy atom. The van der Waals surface area contributed by atoms with Gasteiger partial charge in [-0.15, -0.1) is 28.6 Å². The first-order valence-electron chi connectivity index (χ1n) is 13.8. The van der Waals surface area contributed by atoms with Crippen molar-refractivity contribution in [1.29, 1.82) is 0 Å². The molecule has 0 saturated carbocycles. The molecule has 0 aliphatic carbocycles. The van der Waals surface area contributed by atoms with Gasteiger partial charge in [-0.2, -0.15) is 0 Å². The van der Waals surface area contributed by atoms with Gasteiger partial charge in [0.2, 0.25) is 0 Å². The van der Waals surface area contributed by atoms with Crippen LogP contribution in [0.3, 0.4) is 0 Å². The van der Waals surface area contributed by atoms with Gasteiger partial charge in [-0.25, -0.2) is 9.59 Å². The molecule has 3 heterocycles. The number of esters is 1. The lowest BCUT2D eigenvalue weighted by atomic mass is 10.0. The van der Waals surface area contributed by atoms with Gasteiger partial charge in [-0.05, 0) is 55.4 Å². The summed E-state index contributed by atoms with van der Waals surface area (Å²) in [6.45, 7) is 5.28. The monoisotopic (exact) mass is 636 g/mol. The van der Waals surface area contributed by atoms with Crippen LogP contribution in [0, 0.1) is 0 Å². The Morgan fingerprint density at radius 2 is 1.79 bits per heavy atom. The van der Waals surface area contributed by atoms with E-state index >= 15 is 0 Å². The summed E-state index contributed by atoms with van der Waals surface area (Å²) in [5, 5.41) is 6.08. The van der Waals surface area contributed by atoms with E-state index in [0.29, 0.717) is 11.3 Å². The van der Waals surface area contributed by atoms with Crippen molar-refractivity contribution in [3.05, 3.63) is 101 Å². The molecule has 2 atom stereocenters. The Kier molecular flexibility index (Phi) is 9.89. The number of nitrogens with one attached hydrogen (secondary N) is 1. The molecule has 0 bridgehead atoms. The number of amides is 2. The van der Waals surface area contributed by atoms with Gasteiger partial charge in [0.25, 0.3) is 5.91 Å². The highest BCUT2D eigenvalue weighted by Gasteiger charge is 2.54. The summed E-state index contributed by atoms with van der Waals surface area (Å²) in [5.41, 5.74) is 1.82. The van der Waals surface area contributed by atoms with E-state index in [1.165, 1.54) is 28.2 Å². The third-order valence-electron chi connectivity index (χ3n) is 6.48. The zero-order chi connectivity index (χ0) is 30.4. The zero-order valence-electron chi connectivity index (χ0n) is 24.0. The van der Waals surface area contributed by atoms with Crippen molar-refractivity contribution in [2.75, 3.05) is 11.5 Å². The van der Waals surface area contributed by atoms with Crippen LogP contribution >= 0.6 is 35.1 Å². The normalized spacial score (nSPS) is 18.4. The van der Waals surface area contributed by atoms with Crippen LogP contribution < -0.4 is 5.32 Å². The molecule has 2 aliphatic rings. The largest absolute Gasteiger partial charge is 0.448 e. The lowest BCUT2D eigenvalue weighted by molar-refractivity contribution is -0.153. The van der Waals surface area contributed by atoms with E-state index in [2.05, 4.69) is 14.9 Å². The average Bonchev–Trinajstić information content (AvgIpc) is 3.51. The van der Waals surface area contributed by atoms with Crippen molar-refractivity contribution < 1.29 is 23.9 Å². The number of benzene rings is 2. The van der Waals surface area contributed by atoms with Crippen molar-refractivity contribution in [2.45, 2.75) is 54.5 Å². The molecule has 0 radical (unpaired) electrons. The summed E-state index contributed by atoms with van der Waals surface area (Å²) >= 11 is 4.50. The van der Waals surface area contributed by atoms with Gasteiger partial charge in [0.1, 0.15) is 26.9 Å². The summed E-state index contributed by atoms with van der Waals surface area (Å²) in [5.74, 6) is 0.300. The minimum atomic E-state index is -0.809. The lowest BCUT2D eigenvalue weighted by Gasteiger charge is -2.49. The molecule has 2 amide bonds. The third-order valence-corrected chi connectivity index (χ3v) is 9.65. The van der Waals surface area contributed by atoms with Crippen molar-refractivity contribution in [1.82, 2.24) is 19.8 Å². The van der Waals surface area contributed by atoms with Crippen molar-refractivity contribution in [2.24, 2.45) is 0 Å². The summed E-state index contributed by atoms with van der Waals surface area (Å²) in [6, 6.07) is 18.2. The Morgan fingerprint density at radius 3 is 2.40 bits per heavy atom. The number of alkyl carbamates (subject to hydrolysis) is 1. The molecular weight excluding hydrogens is 605 g/mol. The van der Waals surface area contributed by atoms with E-state index in [0.717, 1.165) is 27.5 Å². The first-order chi connectivity index (χ1) is 20.7. The SMILES string of the molecule is CC(C)(C)OC(=O)N[C@@H]1C(=O)N2C(C(=O)OC(c3ccccc3)c3ccccc3)=C(/C=C\CCSc3cnns3)CS[C@H]12. The lowest BCUT2D eigenvalue weighted by Crippen LogP contribution is -2.70. The number of thioether (sulfide) groups is 2. The molecule has 12 heteroatoms. The summed E-state index contributed by atoms with van der Waals surface area (Å²) in [4.78, 5) is 41.4. The molecule has 0 unspecified atom stereocenters. The van der Waals surface area contributed by atoms with E-state index in [1.807, 2.05) is 72.8 Å². The maximum Gasteiger partial charge on any atom is 0.408 e. The van der Waals surface area contributed by atoms with Crippen LogP contribution in [0.5, 0.6) is 0 Å². The number of rotatable bonds is 10. The quantitative estimate of drug-likeness (QED) is 0.125. The number of hydrogen-bond donors (Lipinski definition) is 1. The molecule has 3 aromatic rings. The van der Waals surface area contributed by atoms with Crippen LogP contribution in [0.15, 0.2) is 94.5 Å². The van der Waals surface area contributed by atoms with Crippen LogP contribution in [0.2, 0.25) is 0 Å². The van der Waals surface area contributed by atoms with Gasteiger partial charge >= 0.3 is 12.1 Å². The van der Waals surface area contributed by atoms with Crippen LogP contribution in [0.25, 0.3) is 0 Å². The maximum atomic E-state index is 14.0. The van der Waals surface area contributed by atoms with E-state index in [4.69, 9.17) is 9.47 Å². The van der Waals surface area contributed by atoms with Gasteiger partial charge in [0.05, 0.1) is 6.20 Å². The van der Waals surface area contributed by atoms with Gasteiger partial charge in [0, 0.05) is 11.5 Å². The standard InChI is InChI=1S/C31H32N4O5S3/c1-31(2,3)40-30(38)33-24-27(36)35-25(22(19-42-28(24)35)16-10-11-17-41-23-18-32-34-43-23)29(37)39-26(20-12-6-4-7-13-20)21-14-8-5-9-15-21/h4-10,12-16,18,24,26,28H,11,17,19H2,1-3H3,(H,33,38)/b16-10-/t24-,28-/m1/s1. The van der Waals surface area contributed by atoms with E-state index in [-0.39, 0.29) is 11.6 Å². The van der Waals surface area contributed by atoms with E-state index in [1.54, 1.807) is 38.7 Å². The van der Waals surface area contributed by atoms with Gasteiger partial charge < -0.3 is 14.8 Å². The Hall–Kier alpha value is -3.61. The van der Waals surface area contributed by atoms with Gasteiger partial charge in [-0.1, -0.05) is 77.3 Å². The number of aromatic nitrogens is 2. The van der Waals surface area contributed by atoms with Crippen molar-refractivity contribution in [3.8, 4) is 0 Å². The van der Waals surface area contributed by atoms with Crippen LogP contribution in [-0.4, -0.2) is 61.0 Å². The first kappa shape index (κ1) is 30.8. The second kappa shape index (κ2) is 13.8. The molecule has 1 saturated heterocycles. The number of ether oxygens (including phenoxy) is 2. The molecule has 9 nitrogen and oxygen atoms in total. The van der Waals surface area contributed by atoms with Crippen molar-refractivity contribution in [3.63, 3.8) is 0 Å². The van der Waals surface area contributed by atoms with Gasteiger partial charge in [0.15, 0.2) is 6.10 Å². The van der Waals surface area contributed by atoms with Gasteiger partial charge in [-0.3, -0.25) is 9.69 Å². The molecule has 2 aliphatic heterocycles. The minimum absolute atomic E-state index is 0.198. The summed E-state index contributed by atoms with van der Waals surface area (Å²) < 4.78 is 16.5.